The van der Waals surface area contributed by atoms with Gasteiger partial charge in [0.2, 0.25) is 0 Å². The maximum absolute atomic E-state index is 12.1. The van der Waals surface area contributed by atoms with Gasteiger partial charge in [-0.25, -0.2) is 0 Å². The number of cyclic esters (lactones) is 1. The van der Waals surface area contributed by atoms with Crippen LogP contribution in [0.25, 0.3) is 0 Å². The van der Waals surface area contributed by atoms with Crippen LogP contribution < -0.4 is 4.74 Å². The number of hydrogen-bond acceptors (Lipinski definition) is 4. The lowest BCUT2D eigenvalue weighted by Gasteiger charge is -2.39. The monoisotopic (exact) mass is 352 g/mol. The van der Waals surface area contributed by atoms with Gasteiger partial charge in [0.05, 0.1) is 13.0 Å². The van der Waals surface area contributed by atoms with Crippen molar-refractivity contribution in [1.29, 1.82) is 0 Å². The van der Waals surface area contributed by atoms with Crippen molar-refractivity contribution in [3.63, 3.8) is 0 Å². The summed E-state index contributed by atoms with van der Waals surface area (Å²) in [5, 5.41) is 0. The van der Waals surface area contributed by atoms with Gasteiger partial charge in [0.15, 0.2) is 0 Å². The van der Waals surface area contributed by atoms with Gasteiger partial charge >= 0.3 is 5.97 Å². The van der Waals surface area contributed by atoms with Gasteiger partial charge < -0.3 is 9.47 Å². The molecule has 0 amide bonds. The SMILES string of the molecule is O=C1CC(=O)OC(CC#Cc2ccc3c(c2)OCCC3)(C2CCCC2)C1. The number of rotatable bonds is 2. The molecule has 3 aliphatic rings. The molecule has 1 atom stereocenters. The lowest BCUT2D eigenvalue weighted by molar-refractivity contribution is -0.176. The number of benzene rings is 1. The molecule has 2 heterocycles. The lowest BCUT2D eigenvalue weighted by Crippen LogP contribution is -2.47. The second-order valence-corrected chi connectivity index (χ2v) is 7.67. The van der Waals surface area contributed by atoms with Crippen LogP contribution in [0.1, 0.15) is 62.5 Å². The number of fused-ring (bicyclic) bond motifs is 1. The van der Waals surface area contributed by atoms with Gasteiger partial charge in [0, 0.05) is 17.9 Å². The van der Waals surface area contributed by atoms with Gasteiger partial charge in [-0.15, -0.1) is 0 Å². The molecular formula is C22H24O4. The number of aryl methyl sites for hydroxylation is 1. The highest BCUT2D eigenvalue weighted by Gasteiger charge is 2.47. The average Bonchev–Trinajstić information content (AvgIpc) is 3.16. The van der Waals surface area contributed by atoms with Gasteiger partial charge in [-0.05, 0) is 43.4 Å². The zero-order valence-corrected chi connectivity index (χ0v) is 15.0. The molecule has 0 aromatic heterocycles. The summed E-state index contributed by atoms with van der Waals surface area (Å²) < 4.78 is 11.5. The number of carbonyl (C=O) groups excluding carboxylic acids is 2. The normalized spacial score (nSPS) is 25.7. The third kappa shape index (κ3) is 3.49. The van der Waals surface area contributed by atoms with E-state index in [2.05, 4.69) is 17.9 Å². The number of carbonyl (C=O) groups is 2. The summed E-state index contributed by atoms with van der Waals surface area (Å²) in [6.45, 7) is 0.757. The van der Waals surface area contributed by atoms with Crippen LogP contribution in [0.3, 0.4) is 0 Å². The molecule has 2 aliphatic heterocycles. The molecular weight excluding hydrogens is 328 g/mol. The second kappa shape index (κ2) is 7.15. The molecule has 1 saturated carbocycles. The summed E-state index contributed by atoms with van der Waals surface area (Å²) in [7, 11) is 0. The summed E-state index contributed by atoms with van der Waals surface area (Å²) in [6.07, 6.45) is 7.03. The fraction of sp³-hybridized carbons (Fsp3) is 0.545. The highest BCUT2D eigenvalue weighted by Crippen LogP contribution is 2.43. The fourth-order valence-corrected chi connectivity index (χ4v) is 4.49. The van der Waals surface area contributed by atoms with Crippen LogP contribution in [0.5, 0.6) is 5.75 Å². The van der Waals surface area contributed by atoms with E-state index in [0.29, 0.717) is 12.8 Å². The maximum atomic E-state index is 12.1. The zero-order valence-electron chi connectivity index (χ0n) is 15.0. The predicted octanol–water partition coefficient (Wildman–Crippen LogP) is 3.59. The zero-order chi connectivity index (χ0) is 18.0. The Labute approximate surface area is 154 Å². The van der Waals surface area contributed by atoms with E-state index < -0.39 is 11.6 Å². The first-order chi connectivity index (χ1) is 12.6. The summed E-state index contributed by atoms with van der Waals surface area (Å²) >= 11 is 0. The van der Waals surface area contributed by atoms with E-state index in [1.807, 2.05) is 12.1 Å². The molecule has 4 rings (SSSR count). The quantitative estimate of drug-likeness (QED) is 0.464. The summed E-state index contributed by atoms with van der Waals surface area (Å²) in [6, 6.07) is 6.08. The van der Waals surface area contributed by atoms with E-state index in [1.165, 1.54) is 5.56 Å². The Bertz CT molecular complexity index is 761. The molecule has 136 valence electrons. The molecule has 4 heteroatoms. The summed E-state index contributed by atoms with van der Waals surface area (Å²) in [4.78, 5) is 24.0. The van der Waals surface area contributed by atoms with Crippen molar-refractivity contribution in [3.05, 3.63) is 29.3 Å². The van der Waals surface area contributed by atoms with Gasteiger partial charge in [-0.2, -0.15) is 0 Å². The minimum atomic E-state index is -0.722. The number of ketones is 1. The largest absolute Gasteiger partial charge is 0.493 e. The first-order valence-corrected chi connectivity index (χ1v) is 9.63. The Morgan fingerprint density at radius 3 is 2.81 bits per heavy atom. The Hall–Kier alpha value is -2.28. The number of esters is 1. The first kappa shape index (κ1) is 17.1. The molecule has 4 nitrogen and oxygen atoms in total. The standard InChI is InChI=1S/C22H24O4/c23-19-14-21(24)26-22(15-19,18-7-1-2-8-18)11-3-5-16-9-10-17-6-4-12-25-20(17)13-16/h9-10,13,18H,1-2,4,6-8,11-12,14-15H2. The Morgan fingerprint density at radius 2 is 2.00 bits per heavy atom. The summed E-state index contributed by atoms with van der Waals surface area (Å²) in [5.41, 5.74) is 1.41. The molecule has 0 N–H and O–H groups in total. The number of Topliss-reactive ketones (excluding diaryl/α,β-unsaturated/α-hetero) is 1. The highest BCUT2D eigenvalue weighted by atomic mass is 16.6. The van der Waals surface area contributed by atoms with Crippen LogP contribution in [0, 0.1) is 17.8 Å². The van der Waals surface area contributed by atoms with Crippen LogP contribution in [-0.2, 0) is 20.7 Å². The van der Waals surface area contributed by atoms with Crippen LogP contribution in [0.4, 0.5) is 0 Å². The molecule has 1 aromatic carbocycles. The van der Waals surface area contributed by atoms with E-state index >= 15 is 0 Å². The van der Waals surface area contributed by atoms with E-state index in [4.69, 9.17) is 9.47 Å². The molecule has 1 saturated heterocycles. The van der Waals surface area contributed by atoms with Crippen LogP contribution >= 0.6 is 0 Å². The highest BCUT2D eigenvalue weighted by molar-refractivity contribution is 5.98. The molecule has 1 unspecified atom stereocenters. The van der Waals surface area contributed by atoms with Crippen molar-refractivity contribution < 1.29 is 19.1 Å². The lowest BCUT2D eigenvalue weighted by atomic mass is 9.77. The fourth-order valence-electron chi connectivity index (χ4n) is 4.49. The third-order valence-electron chi connectivity index (χ3n) is 5.79. The Kier molecular flexibility index (Phi) is 4.72. The Morgan fingerprint density at radius 1 is 1.15 bits per heavy atom. The van der Waals surface area contributed by atoms with Crippen molar-refractivity contribution >= 4 is 11.8 Å². The molecule has 26 heavy (non-hydrogen) atoms. The molecule has 1 aliphatic carbocycles. The minimum Gasteiger partial charge on any atom is -0.493 e. The van der Waals surface area contributed by atoms with Crippen LogP contribution in [0.2, 0.25) is 0 Å². The molecule has 0 radical (unpaired) electrons. The topological polar surface area (TPSA) is 52.6 Å². The van der Waals surface area contributed by atoms with Gasteiger partial charge in [-0.3, -0.25) is 9.59 Å². The average molecular weight is 352 g/mol. The molecule has 1 aromatic rings. The second-order valence-electron chi connectivity index (χ2n) is 7.67. The van der Waals surface area contributed by atoms with Crippen molar-refractivity contribution in [1.82, 2.24) is 0 Å². The van der Waals surface area contributed by atoms with Crippen LogP contribution in [-0.4, -0.2) is 24.0 Å². The van der Waals surface area contributed by atoms with Crippen molar-refractivity contribution in [2.24, 2.45) is 5.92 Å². The van der Waals surface area contributed by atoms with Crippen molar-refractivity contribution in [3.8, 4) is 17.6 Å². The van der Waals surface area contributed by atoms with E-state index in [1.54, 1.807) is 0 Å². The van der Waals surface area contributed by atoms with Gasteiger partial charge in [0.1, 0.15) is 23.6 Å². The van der Waals surface area contributed by atoms with E-state index in [0.717, 1.165) is 56.4 Å². The number of hydrogen-bond donors (Lipinski definition) is 0. The Balaban J connectivity index is 1.55. The predicted molar refractivity (Wildman–Crippen MR) is 96.8 cm³/mol. The number of ether oxygens (including phenoxy) is 2. The minimum absolute atomic E-state index is 0.0165. The molecule has 0 spiro atoms. The van der Waals surface area contributed by atoms with Crippen LogP contribution in [0.15, 0.2) is 18.2 Å². The van der Waals surface area contributed by atoms with Gasteiger partial charge in [0.25, 0.3) is 0 Å². The molecule has 2 fully saturated rings. The van der Waals surface area contributed by atoms with Crippen molar-refractivity contribution in [2.75, 3.05) is 6.61 Å². The molecule has 0 bridgehead atoms. The maximum Gasteiger partial charge on any atom is 0.313 e. The third-order valence-corrected chi connectivity index (χ3v) is 5.79. The van der Waals surface area contributed by atoms with Gasteiger partial charge in [-0.1, -0.05) is 30.7 Å². The van der Waals surface area contributed by atoms with E-state index in [-0.39, 0.29) is 18.1 Å². The summed E-state index contributed by atoms with van der Waals surface area (Å²) in [5.74, 6) is 7.15. The van der Waals surface area contributed by atoms with E-state index in [9.17, 15) is 9.59 Å². The first-order valence-electron chi connectivity index (χ1n) is 9.63. The van der Waals surface area contributed by atoms with Crippen molar-refractivity contribution in [2.45, 2.75) is 63.4 Å². The smallest absolute Gasteiger partial charge is 0.313 e.